The summed E-state index contributed by atoms with van der Waals surface area (Å²) < 4.78 is 0. The van der Waals surface area contributed by atoms with Crippen molar-refractivity contribution in [3.05, 3.63) is 35.4 Å². The van der Waals surface area contributed by atoms with Gasteiger partial charge in [-0.2, -0.15) is 0 Å². The molecule has 1 saturated heterocycles. The fourth-order valence-corrected chi connectivity index (χ4v) is 4.00. The predicted molar refractivity (Wildman–Crippen MR) is 112 cm³/mol. The molecule has 2 aliphatic rings. The van der Waals surface area contributed by atoms with Crippen molar-refractivity contribution in [2.24, 2.45) is 5.73 Å². The minimum Gasteiger partial charge on any atom is -0.352 e. The normalized spacial score (nSPS) is 20.5. The zero-order valence-electron chi connectivity index (χ0n) is 15.7. The molecule has 0 bridgehead atoms. The molecule has 0 spiro atoms. The molecule has 4 nitrogen and oxygen atoms in total. The van der Waals surface area contributed by atoms with E-state index in [0.717, 1.165) is 58.2 Å². The Morgan fingerprint density at radius 3 is 2.38 bits per heavy atom. The summed E-state index contributed by atoms with van der Waals surface area (Å²) in [5.41, 5.74) is 8.49. The molecule has 1 amide bonds. The fraction of sp³-hybridized carbons (Fsp3) is 0.650. The number of nitrogens with zero attached hydrogens (tertiary/aromatic N) is 1. The maximum Gasteiger partial charge on any atom is 0.240 e. The molecule has 0 atom stereocenters. The first-order chi connectivity index (χ1) is 11.6. The second-order valence-electron chi connectivity index (χ2n) is 7.67. The molecule has 1 saturated carbocycles. The highest BCUT2D eigenvalue weighted by Crippen LogP contribution is 2.26. The van der Waals surface area contributed by atoms with Crippen molar-refractivity contribution in [1.29, 1.82) is 0 Å². The van der Waals surface area contributed by atoms with E-state index in [-0.39, 0.29) is 36.8 Å². The van der Waals surface area contributed by atoms with E-state index in [4.69, 9.17) is 5.73 Å². The number of aryl methyl sites for hydroxylation is 1. The summed E-state index contributed by atoms with van der Waals surface area (Å²) in [6.07, 6.45) is 7.10. The molecule has 0 unspecified atom stereocenters. The Hall–Kier alpha value is -0.810. The predicted octanol–water partition coefficient (Wildman–Crippen LogP) is 3.58. The summed E-state index contributed by atoms with van der Waals surface area (Å²) in [5.74, 6) is 0.0829. The van der Waals surface area contributed by atoms with Crippen molar-refractivity contribution >= 4 is 30.7 Å². The van der Waals surface area contributed by atoms with Gasteiger partial charge in [0.05, 0.1) is 5.54 Å². The van der Waals surface area contributed by atoms with Crippen LogP contribution in [0.5, 0.6) is 0 Å². The fourth-order valence-electron chi connectivity index (χ4n) is 4.00. The van der Waals surface area contributed by atoms with Gasteiger partial charge in [-0.15, -0.1) is 24.8 Å². The quantitative estimate of drug-likeness (QED) is 0.810. The number of piperidine rings is 1. The van der Waals surface area contributed by atoms with Gasteiger partial charge in [-0.05, 0) is 43.7 Å². The van der Waals surface area contributed by atoms with E-state index in [2.05, 4.69) is 41.4 Å². The summed E-state index contributed by atoms with van der Waals surface area (Å²) in [7, 11) is 0. The standard InChI is InChI=1S/C20H31N3O.2ClH/c1-16-7-3-4-8-17(16)15-23-13-9-18(10-14-23)22-19(24)20(21)11-5-2-6-12-20;;/h3-4,7-8,18H,2,5-6,9-15,21H2,1H3,(H,22,24);2*1H. The Morgan fingerprint density at radius 2 is 1.77 bits per heavy atom. The minimum absolute atomic E-state index is 0. The Morgan fingerprint density at radius 1 is 1.15 bits per heavy atom. The van der Waals surface area contributed by atoms with Gasteiger partial charge in [0, 0.05) is 25.7 Å². The molecule has 0 aromatic heterocycles. The third-order valence-corrected chi connectivity index (χ3v) is 5.78. The molecule has 0 radical (unpaired) electrons. The molecule has 6 heteroatoms. The maximum atomic E-state index is 12.6. The van der Waals surface area contributed by atoms with Crippen LogP contribution >= 0.6 is 24.8 Å². The van der Waals surface area contributed by atoms with Crippen LogP contribution in [0.15, 0.2) is 24.3 Å². The van der Waals surface area contributed by atoms with E-state index < -0.39 is 5.54 Å². The van der Waals surface area contributed by atoms with Crippen LogP contribution in [0.25, 0.3) is 0 Å². The van der Waals surface area contributed by atoms with Crippen LogP contribution < -0.4 is 11.1 Å². The van der Waals surface area contributed by atoms with Crippen LogP contribution in [-0.2, 0) is 11.3 Å². The highest BCUT2D eigenvalue weighted by molar-refractivity contribution is 5.86. The summed E-state index contributed by atoms with van der Waals surface area (Å²) in [6, 6.07) is 8.87. The zero-order chi connectivity index (χ0) is 17.0. The molecule has 1 aliphatic heterocycles. The molecular formula is C20H33Cl2N3O. The number of benzene rings is 1. The third kappa shape index (κ3) is 5.85. The lowest BCUT2D eigenvalue weighted by Crippen LogP contribution is -2.58. The number of halogens is 2. The molecule has 3 rings (SSSR count). The van der Waals surface area contributed by atoms with Crippen LogP contribution in [-0.4, -0.2) is 35.5 Å². The highest BCUT2D eigenvalue weighted by atomic mass is 35.5. The molecule has 1 aromatic carbocycles. The Labute approximate surface area is 170 Å². The van der Waals surface area contributed by atoms with Crippen LogP contribution in [0.4, 0.5) is 0 Å². The van der Waals surface area contributed by atoms with Gasteiger partial charge < -0.3 is 11.1 Å². The monoisotopic (exact) mass is 401 g/mol. The largest absolute Gasteiger partial charge is 0.352 e. The van der Waals surface area contributed by atoms with Gasteiger partial charge in [-0.25, -0.2) is 0 Å². The smallest absolute Gasteiger partial charge is 0.240 e. The summed E-state index contributed by atoms with van der Waals surface area (Å²) in [4.78, 5) is 15.0. The number of rotatable bonds is 4. The molecule has 26 heavy (non-hydrogen) atoms. The van der Waals surface area contributed by atoms with E-state index in [9.17, 15) is 4.79 Å². The first kappa shape index (κ1) is 23.2. The highest BCUT2D eigenvalue weighted by Gasteiger charge is 2.36. The van der Waals surface area contributed by atoms with Gasteiger partial charge in [-0.1, -0.05) is 43.5 Å². The van der Waals surface area contributed by atoms with Crippen molar-refractivity contribution in [2.75, 3.05) is 13.1 Å². The summed E-state index contributed by atoms with van der Waals surface area (Å²) >= 11 is 0. The number of amides is 1. The Bertz CT molecular complexity index is 568. The van der Waals surface area contributed by atoms with Crippen molar-refractivity contribution < 1.29 is 4.79 Å². The van der Waals surface area contributed by atoms with Crippen molar-refractivity contribution in [2.45, 2.75) is 70.0 Å². The number of likely N-dealkylation sites (tertiary alicyclic amines) is 1. The number of hydrogen-bond donors (Lipinski definition) is 2. The molecule has 1 heterocycles. The lowest BCUT2D eigenvalue weighted by atomic mass is 9.81. The molecule has 1 aliphatic carbocycles. The second-order valence-corrected chi connectivity index (χ2v) is 7.67. The second kappa shape index (κ2) is 10.5. The van der Waals surface area contributed by atoms with Crippen LogP contribution in [0.2, 0.25) is 0 Å². The summed E-state index contributed by atoms with van der Waals surface area (Å²) in [6.45, 7) is 5.26. The average Bonchev–Trinajstić information content (AvgIpc) is 2.59. The van der Waals surface area contributed by atoms with Gasteiger partial charge in [0.25, 0.3) is 0 Å². The van der Waals surface area contributed by atoms with Gasteiger partial charge in [0.15, 0.2) is 0 Å². The average molecular weight is 402 g/mol. The van der Waals surface area contributed by atoms with E-state index in [0.29, 0.717) is 0 Å². The van der Waals surface area contributed by atoms with E-state index >= 15 is 0 Å². The molecule has 1 aromatic rings. The van der Waals surface area contributed by atoms with Crippen molar-refractivity contribution in [1.82, 2.24) is 10.2 Å². The lowest BCUT2D eigenvalue weighted by molar-refractivity contribution is -0.128. The van der Waals surface area contributed by atoms with Crippen molar-refractivity contribution in [3.8, 4) is 0 Å². The third-order valence-electron chi connectivity index (χ3n) is 5.78. The first-order valence-corrected chi connectivity index (χ1v) is 9.43. The van der Waals surface area contributed by atoms with Gasteiger partial charge in [0.1, 0.15) is 0 Å². The molecular weight excluding hydrogens is 369 g/mol. The Balaban J connectivity index is 0.00000169. The molecule has 148 valence electrons. The van der Waals surface area contributed by atoms with E-state index in [1.807, 2.05) is 0 Å². The zero-order valence-corrected chi connectivity index (χ0v) is 17.3. The molecule has 3 N–H and O–H groups in total. The molecule has 2 fully saturated rings. The van der Waals surface area contributed by atoms with Gasteiger partial charge in [0.2, 0.25) is 5.91 Å². The Kier molecular flexibility index (Phi) is 9.39. The minimum atomic E-state index is -0.615. The van der Waals surface area contributed by atoms with Crippen LogP contribution in [0.3, 0.4) is 0 Å². The van der Waals surface area contributed by atoms with Crippen LogP contribution in [0.1, 0.15) is 56.1 Å². The van der Waals surface area contributed by atoms with Gasteiger partial charge >= 0.3 is 0 Å². The lowest BCUT2D eigenvalue weighted by Gasteiger charge is -2.36. The van der Waals surface area contributed by atoms with Crippen molar-refractivity contribution in [3.63, 3.8) is 0 Å². The number of hydrogen-bond acceptors (Lipinski definition) is 3. The number of carbonyl (C=O) groups is 1. The first-order valence-electron chi connectivity index (χ1n) is 9.43. The topological polar surface area (TPSA) is 58.4 Å². The van der Waals surface area contributed by atoms with Crippen LogP contribution in [0, 0.1) is 6.92 Å². The number of nitrogens with one attached hydrogen (secondary N) is 1. The number of nitrogens with two attached hydrogens (primary N) is 1. The van der Waals surface area contributed by atoms with E-state index in [1.165, 1.54) is 17.5 Å². The van der Waals surface area contributed by atoms with E-state index in [1.54, 1.807) is 0 Å². The summed E-state index contributed by atoms with van der Waals surface area (Å²) in [5, 5.41) is 3.23. The van der Waals surface area contributed by atoms with Gasteiger partial charge in [-0.3, -0.25) is 9.69 Å². The SMILES string of the molecule is Cc1ccccc1CN1CCC(NC(=O)C2(N)CCCCC2)CC1.Cl.Cl. The maximum absolute atomic E-state index is 12.6. The number of carbonyl (C=O) groups excluding carboxylic acids is 1.